The minimum absolute atomic E-state index is 0.225. The summed E-state index contributed by atoms with van der Waals surface area (Å²) in [6.07, 6.45) is 5.72. The number of thiazole rings is 1. The van der Waals surface area contributed by atoms with Crippen LogP contribution in [0.15, 0.2) is 34.3 Å². The Hall–Kier alpha value is -1.22. The first kappa shape index (κ1) is 17.2. The molecule has 0 bridgehead atoms. The molecule has 0 radical (unpaired) electrons. The first-order valence-electron chi connectivity index (χ1n) is 7.58. The molecule has 4 rings (SSSR count). The fourth-order valence-electron chi connectivity index (χ4n) is 3.17. The third kappa shape index (κ3) is 3.16. The van der Waals surface area contributed by atoms with E-state index in [0.29, 0.717) is 14.4 Å². The zero-order chi connectivity index (χ0) is 17.8. The van der Waals surface area contributed by atoms with Crippen LogP contribution >= 0.6 is 47.8 Å². The van der Waals surface area contributed by atoms with Crippen LogP contribution in [-0.4, -0.2) is 28.3 Å². The number of halogens is 1. The number of aromatic nitrogens is 1. The molecule has 0 spiro atoms. The molecule has 25 heavy (non-hydrogen) atoms. The van der Waals surface area contributed by atoms with E-state index in [9.17, 15) is 5.21 Å². The van der Waals surface area contributed by atoms with Crippen LogP contribution in [0.4, 0.5) is 0 Å². The molecular formula is C17H14ClN3OS3. The van der Waals surface area contributed by atoms with Crippen molar-refractivity contribution in [3.8, 4) is 0 Å². The lowest BCUT2D eigenvalue weighted by Crippen LogP contribution is -2.48. The molecule has 1 aromatic carbocycles. The fraction of sp³-hybridized carbons (Fsp3) is 0.176. The Morgan fingerprint density at radius 1 is 1.44 bits per heavy atom. The second-order valence-corrected chi connectivity index (χ2v) is 8.81. The highest BCUT2D eigenvalue weighted by molar-refractivity contribution is 7.82. The summed E-state index contributed by atoms with van der Waals surface area (Å²) in [7, 11) is 1.60. The molecular weight excluding hydrogens is 394 g/mol. The summed E-state index contributed by atoms with van der Waals surface area (Å²) >= 11 is 17.6. The number of thiol groups is 1. The van der Waals surface area contributed by atoms with Gasteiger partial charge in [-0.25, -0.2) is 4.98 Å². The smallest absolute Gasteiger partial charge is 0.156 e. The average Bonchev–Trinajstić information content (AvgIpc) is 2.84. The van der Waals surface area contributed by atoms with E-state index in [1.165, 1.54) is 11.3 Å². The zero-order valence-electron chi connectivity index (χ0n) is 13.2. The van der Waals surface area contributed by atoms with Crippen LogP contribution in [0.2, 0.25) is 5.02 Å². The van der Waals surface area contributed by atoms with Crippen molar-refractivity contribution in [2.45, 2.75) is 10.3 Å². The van der Waals surface area contributed by atoms with Gasteiger partial charge in [0.05, 0.1) is 29.1 Å². The van der Waals surface area contributed by atoms with E-state index in [-0.39, 0.29) is 12.6 Å². The molecule has 8 heteroatoms. The maximum absolute atomic E-state index is 12.6. The molecule has 1 aliphatic heterocycles. The van der Waals surface area contributed by atoms with Crippen molar-refractivity contribution < 1.29 is 4.65 Å². The summed E-state index contributed by atoms with van der Waals surface area (Å²) < 4.78 is 0.155. The van der Waals surface area contributed by atoms with Gasteiger partial charge in [-0.15, -0.1) is 24.0 Å². The minimum Gasteiger partial charge on any atom is -0.627 e. The van der Waals surface area contributed by atoms with Crippen molar-refractivity contribution in [1.29, 1.82) is 0 Å². The van der Waals surface area contributed by atoms with Gasteiger partial charge in [-0.3, -0.25) is 0 Å². The molecule has 0 fully saturated rings. The summed E-state index contributed by atoms with van der Waals surface area (Å²) in [5.74, 6) is -0.235. The van der Waals surface area contributed by atoms with E-state index >= 15 is 0 Å². The van der Waals surface area contributed by atoms with Gasteiger partial charge in [0, 0.05) is 5.02 Å². The van der Waals surface area contributed by atoms with Crippen LogP contribution in [0.3, 0.4) is 0 Å². The Labute approximate surface area is 165 Å². The zero-order valence-corrected chi connectivity index (χ0v) is 16.5. The standard InChI is InChI=1S/C17H14ClN3OS3/c1-21(22)7-12(16(23)19-8-21)14-11-4-3-10(18)6-9(11)2-5-13-15(14)20-17(24)25-13/h2-7,14H,8H2,1H3,(H,19,23)(H,20,24). The van der Waals surface area contributed by atoms with E-state index in [4.69, 9.17) is 23.8 Å². The topological polar surface area (TPSA) is 48.0 Å². The lowest BCUT2D eigenvalue weighted by molar-refractivity contribution is -0.811. The van der Waals surface area contributed by atoms with Gasteiger partial charge in [0.1, 0.15) is 15.5 Å². The van der Waals surface area contributed by atoms with E-state index < -0.39 is 4.65 Å². The number of rotatable bonds is 1. The highest BCUT2D eigenvalue weighted by Crippen LogP contribution is 2.43. The van der Waals surface area contributed by atoms with Gasteiger partial charge in [0.2, 0.25) is 0 Å². The summed E-state index contributed by atoms with van der Waals surface area (Å²) in [4.78, 5) is 6.23. The van der Waals surface area contributed by atoms with E-state index in [1.807, 2.05) is 30.4 Å². The molecule has 2 unspecified atom stereocenters. The van der Waals surface area contributed by atoms with Gasteiger partial charge in [-0.1, -0.05) is 36.0 Å². The maximum atomic E-state index is 12.6. The summed E-state index contributed by atoms with van der Waals surface area (Å²) in [5, 5.41) is 16.3. The largest absolute Gasteiger partial charge is 0.627 e. The predicted molar refractivity (Wildman–Crippen MR) is 110 cm³/mol. The lowest BCUT2D eigenvalue weighted by atomic mass is 9.85. The summed E-state index contributed by atoms with van der Waals surface area (Å²) in [6, 6.07) is 5.75. The normalized spacial score (nSPS) is 24.9. The Morgan fingerprint density at radius 3 is 3.04 bits per heavy atom. The highest BCUT2D eigenvalue weighted by Gasteiger charge is 2.34. The first-order valence-corrected chi connectivity index (χ1v) is 9.63. The third-order valence-corrected chi connectivity index (χ3v) is 6.08. The molecule has 1 N–H and O–H groups in total. The van der Waals surface area contributed by atoms with Crippen molar-refractivity contribution >= 4 is 64.9 Å². The monoisotopic (exact) mass is 407 g/mol. The van der Waals surface area contributed by atoms with Gasteiger partial charge in [-0.05, 0) is 29.3 Å². The molecule has 2 atom stereocenters. The lowest BCUT2D eigenvalue weighted by Gasteiger charge is -2.40. The Kier molecular flexibility index (Phi) is 4.26. The van der Waals surface area contributed by atoms with Crippen LogP contribution in [-0.2, 0) is 0 Å². The van der Waals surface area contributed by atoms with Gasteiger partial charge < -0.3 is 15.2 Å². The Bertz CT molecular complexity index is 949. The number of hydrogen-bond donors (Lipinski definition) is 2. The van der Waals surface area contributed by atoms with Gasteiger partial charge in [0.15, 0.2) is 6.67 Å². The molecule has 128 valence electrons. The number of quaternary nitrogens is 1. The third-order valence-electron chi connectivity index (χ3n) is 4.26. The molecule has 0 amide bonds. The number of thiocarbonyl (C=S) groups is 1. The van der Waals surface area contributed by atoms with Crippen LogP contribution in [0, 0.1) is 5.21 Å². The van der Waals surface area contributed by atoms with E-state index in [0.717, 1.165) is 27.3 Å². The number of nitrogens with one attached hydrogen (secondary N) is 1. The van der Waals surface area contributed by atoms with Crippen molar-refractivity contribution in [3.63, 3.8) is 0 Å². The van der Waals surface area contributed by atoms with Crippen molar-refractivity contribution in [2.24, 2.45) is 0 Å². The van der Waals surface area contributed by atoms with Crippen LogP contribution in [0.1, 0.15) is 27.6 Å². The van der Waals surface area contributed by atoms with E-state index in [2.05, 4.69) is 22.9 Å². The van der Waals surface area contributed by atoms with Crippen molar-refractivity contribution in [3.05, 3.63) is 61.9 Å². The predicted octanol–water partition coefficient (Wildman–Crippen LogP) is 4.42. The molecule has 1 aromatic heterocycles. The number of benzene rings is 1. The molecule has 1 aliphatic carbocycles. The molecule has 4 nitrogen and oxygen atoms in total. The molecule has 0 saturated heterocycles. The average molecular weight is 408 g/mol. The van der Waals surface area contributed by atoms with Gasteiger partial charge >= 0.3 is 0 Å². The van der Waals surface area contributed by atoms with Crippen LogP contribution in [0.5, 0.6) is 0 Å². The summed E-state index contributed by atoms with van der Waals surface area (Å²) in [6.45, 7) is 0.225. The highest BCUT2D eigenvalue weighted by atomic mass is 35.5. The van der Waals surface area contributed by atoms with Crippen LogP contribution in [0.25, 0.3) is 12.2 Å². The van der Waals surface area contributed by atoms with Crippen LogP contribution < -0.4 is 5.32 Å². The second-order valence-electron chi connectivity index (χ2n) is 6.21. The minimum atomic E-state index is -0.532. The number of hydroxylamine groups is 3. The number of nitrogens with zero attached hydrogens (tertiary/aromatic N) is 2. The summed E-state index contributed by atoms with van der Waals surface area (Å²) in [5.41, 5.74) is 3.66. The second kappa shape index (κ2) is 6.19. The Morgan fingerprint density at radius 2 is 2.24 bits per heavy atom. The first-order chi connectivity index (χ1) is 11.8. The van der Waals surface area contributed by atoms with Gasteiger partial charge in [0.25, 0.3) is 0 Å². The van der Waals surface area contributed by atoms with Gasteiger partial charge in [-0.2, -0.15) is 0 Å². The number of fused-ring (bicyclic) bond motifs is 2. The molecule has 2 aromatic rings. The number of hydrogen-bond acceptors (Lipinski definition) is 5. The van der Waals surface area contributed by atoms with E-state index in [1.54, 1.807) is 13.2 Å². The SMILES string of the molecule is C[N+]1([O-])C=C(C2c3ccc(Cl)cc3C=Cc3sc(S)nc32)C(=S)NC1. The maximum Gasteiger partial charge on any atom is 0.156 e. The van der Waals surface area contributed by atoms with Crippen molar-refractivity contribution in [1.82, 2.24) is 10.3 Å². The fourth-order valence-corrected chi connectivity index (χ4v) is 4.74. The molecule has 2 aliphatic rings. The van der Waals surface area contributed by atoms with Crippen molar-refractivity contribution in [2.75, 3.05) is 13.7 Å². The molecule has 0 saturated carbocycles. The quantitative estimate of drug-likeness (QED) is 0.318. The Balaban J connectivity index is 1.99. The molecule has 2 heterocycles.